The topological polar surface area (TPSA) is 3.24 Å². The van der Waals surface area contributed by atoms with Crippen LogP contribution in [0.1, 0.15) is 94.0 Å². The molecule has 7 aromatic rings. The summed E-state index contributed by atoms with van der Waals surface area (Å²) in [6.45, 7) is 9.50. The molecule has 0 aliphatic heterocycles. The molecule has 0 amide bonds. The van der Waals surface area contributed by atoms with Crippen LogP contribution in [0, 0.1) is 17.8 Å². The van der Waals surface area contributed by atoms with Gasteiger partial charge in [-0.15, -0.1) is 0 Å². The standard InChI is InChI=1S/C58H53N/c1-56(2)52-11-7-5-9-48(52)50-27-25-46(32-54(50)56)59(47-26-28-51-49-10-6-8-12-53(49)57(3,4)55(51)33-47)45-23-19-43(20-24-45)41-15-13-40(14-16-41)42-17-21-44(22-18-42)58-34-37-29-38(35-58)31-39(30-37)36-58/h5-28,32-33,37-39H,29-31,34-36H2,1-4H3. The maximum Gasteiger partial charge on any atom is 0.0465 e. The second-order valence-corrected chi connectivity index (χ2v) is 20.0. The summed E-state index contributed by atoms with van der Waals surface area (Å²) in [4.78, 5) is 2.47. The fourth-order valence-corrected chi connectivity index (χ4v) is 13.2. The zero-order chi connectivity index (χ0) is 39.7. The highest BCUT2D eigenvalue weighted by Crippen LogP contribution is 2.61. The van der Waals surface area contributed by atoms with Crippen LogP contribution >= 0.6 is 0 Å². The van der Waals surface area contributed by atoms with E-state index < -0.39 is 0 Å². The summed E-state index contributed by atoms with van der Waals surface area (Å²) in [5.41, 5.74) is 21.5. The third-order valence-electron chi connectivity index (χ3n) is 15.9. The maximum absolute atomic E-state index is 2.47. The van der Waals surface area contributed by atoms with Crippen molar-refractivity contribution < 1.29 is 0 Å². The van der Waals surface area contributed by atoms with Crippen LogP contribution in [-0.2, 0) is 16.2 Å². The van der Waals surface area contributed by atoms with Crippen LogP contribution in [0.3, 0.4) is 0 Å². The summed E-state index contributed by atoms with van der Waals surface area (Å²) in [6, 6.07) is 60.3. The predicted octanol–water partition coefficient (Wildman–Crippen LogP) is 15.6. The molecular formula is C58H53N. The Morgan fingerprint density at radius 1 is 0.373 bits per heavy atom. The first kappa shape index (κ1) is 35.3. The lowest BCUT2D eigenvalue weighted by atomic mass is 9.48. The van der Waals surface area contributed by atoms with Crippen LogP contribution < -0.4 is 4.90 Å². The SMILES string of the molecule is CC1(C)c2ccccc2-c2ccc(N(c3ccc(-c4ccc(-c5ccc(C67CC8CC(CC(C8)C6)C7)cc5)cc4)cc3)c3ccc4c(c3)C(C)(C)c3ccccc3-4)cc21. The Morgan fingerprint density at radius 2 is 0.729 bits per heavy atom. The molecule has 6 aliphatic rings. The van der Waals surface area contributed by atoms with Gasteiger partial charge in [-0.1, -0.05) is 149 Å². The Kier molecular flexibility index (Phi) is 7.58. The minimum Gasteiger partial charge on any atom is -0.310 e. The number of benzene rings is 7. The van der Waals surface area contributed by atoms with Crippen molar-refractivity contribution in [3.8, 4) is 44.5 Å². The molecule has 290 valence electrons. The summed E-state index contributed by atoms with van der Waals surface area (Å²) >= 11 is 0. The molecule has 0 radical (unpaired) electrons. The van der Waals surface area contributed by atoms with Crippen molar-refractivity contribution in [2.75, 3.05) is 4.90 Å². The number of hydrogen-bond acceptors (Lipinski definition) is 1. The number of fused-ring (bicyclic) bond motifs is 6. The quantitative estimate of drug-likeness (QED) is 0.163. The van der Waals surface area contributed by atoms with E-state index >= 15 is 0 Å². The smallest absolute Gasteiger partial charge is 0.0465 e. The molecule has 7 aromatic carbocycles. The molecular weight excluding hydrogens is 711 g/mol. The summed E-state index contributed by atoms with van der Waals surface area (Å²) < 4.78 is 0. The fourth-order valence-electron chi connectivity index (χ4n) is 13.2. The van der Waals surface area contributed by atoms with Crippen molar-refractivity contribution in [3.05, 3.63) is 186 Å². The van der Waals surface area contributed by atoms with Gasteiger partial charge in [0.05, 0.1) is 0 Å². The molecule has 1 nitrogen and oxygen atoms in total. The molecule has 0 N–H and O–H groups in total. The van der Waals surface area contributed by atoms with Gasteiger partial charge in [0.25, 0.3) is 0 Å². The second-order valence-electron chi connectivity index (χ2n) is 20.0. The van der Waals surface area contributed by atoms with Crippen molar-refractivity contribution in [1.82, 2.24) is 0 Å². The summed E-state index contributed by atoms with van der Waals surface area (Å²) in [5, 5.41) is 0. The number of anilines is 3. The van der Waals surface area contributed by atoms with E-state index in [9.17, 15) is 0 Å². The van der Waals surface area contributed by atoms with E-state index in [0.717, 1.165) is 23.4 Å². The predicted molar refractivity (Wildman–Crippen MR) is 247 cm³/mol. The van der Waals surface area contributed by atoms with E-state index in [4.69, 9.17) is 0 Å². The largest absolute Gasteiger partial charge is 0.310 e. The Labute approximate surface area is 350 Å². The minimum absolute atomic E-state index is 0.0817. The lowest BCUT2D eigenvalue weighted by molar-refractivity contribution is -0.00518. The molecule has 0 heterocycles. The number of nitrogens with zero attached hydrogens (tertiary/aromatic N) is 1. The molecule has 13 rings (SSSR count). The summed E-state index contributed by atoms with van der Waals surface area (Å²) in [5.74, 6) is 2.92. The van der Waals surface area contributed by atoms with E-state index in [1.165, 1.54) is 117 Å². The van der Waals surface area contributed by atoms with Crippen molar-refractivity contribution in [3.63, 3.8) is 0 Å². The number of rotatable bonds is 6. The Hall–Kier alpha value is -5.66. The molecule has 4 fully saturated rings. The van der Waals surface area contributed by atoms with Crippen LogP contribution in [0.25, 0.3) is 44.5 Å². The highest BCUT2D eigenvalue weighted by atomic mass is 15.1. The lowest BCUT2D eigenvalue weighted by Gasteiger charge is -2.57. The molecule has 1 heteroatoms. The average molecular weight is 764 g/mol. The first-order valence-electron chi connectivity index (χ1n) is 22.3. The molecule has 0 unspecified atom stereocenters. The van der Waals surface area contributed by atoms with Gasteiger partial charge in [-0.05, 0) is 170 Å². The van der Waals surface area contributed by atoms with E-state index in [1.54, 1.807) is 5.56 Å². The minimum atomic E-state index is -0.0817. The van der Waals surface area contributed by atoms with Gasteiger partial charge in [-0.3, -0.25) is 0 Å². The van der Waals surface area contributed by atoms with Crippen molar-refractivity contribution in [2.45, 2.75) is 82.5 Å². The van der Waals surface area contributed by atoms with Crippen LogP contribution in [0.15, 0.2) is 158 Å². The molecule has 4 saturated carbocycles. The highest BCUT2D eigenvalue weighted by Gasteiger charge is 2.51. The van der Waals surface area contributed by atoms with E-state index in [1.807, 2.05) is 0 Å². The molecule has 4 bridgehead atoms. The third kappa shape index (κ3) is 5.36. The van der Waals surface area contributed by atoms with Crippen LogP contribution in [-0.4, -0.2) is 0 Å². The van der Waals surface area contributed by atoms with Crippen LogP contribution in [0.4, 0.5) is 17.1 Å². The molecule has 0 spiro atoms. The van der Waals surface area contributed by atoms with Gasteiger partial charge in [0.1, 0.15) is 0 Å². The van der Waals surface area contributed by atoms with Gasteiger partial charge in [-0.2, -0.15) is 0 Å². The van der Waals surface area contributed by atoms with E-state index in [-0.39, 0.29) is 10.8 Å². The molecule has 59 heavy (non-hydrogen) atoms. The Morgan fingerprint density at radius 3 is 1.17 bits per heavy atom. The highest BCUT2D eigenvalue weighted by molar-refractivity contribution is 5.88. The fraction of sp³-hybridized carbons (Fsp3) is 0.276. The van der Waals surface area contributed by atoms with Gasteiger partial charge < -0.3 is 4.90 Å². The van der Waals surface area contributed by atoms with Crippen LogP contribution in [0.5, 0.6) is 0 Å². The first-order chi connectivity index (χ1) is 28.6. The van der Waals surface area contributed by atoms with Crippen LogP contribution in [0.2, 0.25) is 0 Å². The third-order valence-corrected chi connectivity index (χ3v) is 15.9. The van der Waals surface area contributed by atoms with E-state index in [2.05, 4.69) is 190 Å². The number of hydrogen-bond donors (Lipinski definition) is 0. The van der Waals surface area contributed by atoms with Gasteiger partial charge >= 0.3 is 0 Å². The summed E-state index contributed by atoms with van der Waals surface area (Å²) in [7, 11) is 0. The van der Waals surface area contributed by atoms with Crippen molar-refractivity contribution >= 4 is 17.1 Å². The van der Waals surface area contributed by atoms with Gasteiger partial charge in [0.2, 0.25) is 0 Å². The van der Waals surface area contributed by atoms with E-state index in [0.29, 0.717) is 5.41 Å². The van der Waals surface area contributed by atoms with Crippen molar-refractivity contribution in [1.29, 1.82) is 0 Å². The molecule has 6 aliphatic carbocycles. The first-order valence-corrected chi connectivity index (χ1v) is 22.3. The van der Waals surface area contributed by atoms with Gasteiger partial charge in [0.15, 0.2) is 0 Å². The maximum atomic E-state index is 2.47. The Bertz CT molecular complexity index is 2640. The summed E-state index contributed by atoms with van der Waals surface area (Å²) in [6.07, 6.45) is 8.75. The Balaban J connectivity index is 0.874. The molecule has 0 aromatic heterocycles. The molecule has 0 saturated heterocycles. The average Bonchev–Trinajstić information content (AvgIpc) is 3.63. The van der Waals surface area contributed by atoms with Gasteiger partial charge in [0, 0.05) is 27.9 Å². The second kappa shape index (κ2) is 12.7. The monoisotopic (exact) mass is 763 g/mol. The normalized spacial score (nSPS) is 23.4. The van der Waals surface area contributed by atoms with Crippen molar-refractivity contribution in [2.24, 2.45) is 17.8 Å². The zero-order valence-electron chi connectivity index (χ0n) is 34.9. The van der Waals surface area contributed by atoms with Gasteiger partial charge in [-0.25, -0.2) is 0 Å². The zero-order valence-corrected chi connectivity index (χ0v) is 34.9. The molecule has 0 atom stereocenters. The lowest BCUT2D eigenvalue weighted by Crippen LogP contribution is -2.48.